The summed E-state index contributed by atoms with van der Waals surface area (Å²) in [5.74, 6) is 5.56. The lowest BCUT2D eigenvalue weighted by Crippen LogP contribution is -2.64. The number of hydrogen-bond donors (Lipinski definition) is 0. The average Bonchev–Trinajstić information content (AvgIpc) is 3.54. The Balaban J connectivity index is 0.978. The Kier molecular flexibility index (Phi) is 6.06. The van der Waals surface area contributed by atoms with E-state index >= 15 is 0 Å². The van der Waals surface area contributed by atoms with Gasteiger partial charge in [-0.05, 0) is 156 Å². The maximum atomic E-state index is 6.85. The highest BCUT2D eigenvalue weighted by atomic mass is 16.5. The van der Waals surface area contributed by atoms with Crippen molar-refractivity contribution in [1.82, 2.24) is 0 Å². The summed E-state index contributed by atoms with van der Waals surface area (Å²) in [6.07, 6.45) is 9.67. The van der Waals surface area contributed by atoms with Crippen molar-refractivity contribution < 1.29 is 4.74 Å². The van der Waals surface area contributed by atoms with Gasteiger partial charge in [0.2, 0.25) is 0 Å². The molecule has 4 atom stereocenters. The number of para-hydroxylation sites is 2. The van der Waals surface area contributed by atoms with Gasteiger partial charge in [0, 0.05) is 33.6 Å². The summed E-state index contributed by atoms with van der Waals surface area (Å²) in [5.41, 5.74) is 13.0. The highest BCUT2D eigenvalue weighted by Gasteiger charge is 2.79. The van der Waals surface area contributed by atoms with E-state index < -0.39 is 0 Å². The van der Waals surface area contributed by atoms with Crippen LogP contribution in [0, 0.1) is 29.1 Å². The molecule has 2 heteroatoms. The molecule has 0 amide bonds. The number of hydrogen-bond acceptors (Lipinski definition) is 2. The SMILES string of the molecule is CC1(C)CCC(C)(C)c2cc(N(c3ccccc3)c3ccc(-c4ccc5c(c4)Oc4ccccc4C54C5CC6CC7CC4C5(C6)C7)cc3)ccc21. The summed E-state index contributed by atoms with van der Waals surface area (Å²) in [7, 11) is 0. The Morgan fingerprint density at radius 1 is 0.510 bits per heavy atom. The van der Waals surface area contributed by atoms with Gasteiger partial charge >= 0.3 is 0 Å². The van der Waals surface area contributed by atoms with Gasteiger partial charge in [0.05, 0.1) is 0 Å². The minimum atomic E-state index is 0.116. The Hall–Kier alpha value is -4.30. The van der Waals surface area contributed by atoms with Crippen molar-refractivity contribution in [3.05, 3.63) is 138 Å². The normalized spacial score (nSPS) is 30.8. The molecule has 0 N–H and O–H groups in total. The first kappa shape index (κ1) is 30.3. The van der Waals surface area contributed by atoms with Crippen molar-refractivity contribution in [2.45, 2.75) is 88.9 Å². The Morgan fingerprint density at radius 2 is 1.10 bits per heavy atom. The van der Waals surface area contributed by atoms with Crippen LogP contribution < -0.4 is 9.64 Å². The Bertz CT molecular complexity index is 2190. The first-order valence-corrected chi connectivity index (χ1v) is 19.7. The fraction of sp³-hybridized carbons (Fsp3) is 0.388. The van der Waals surface area contributed by atoms with E-state index in [0.717, 1.165) is 35.2 Å². The van der Waals surface area contributed by atoms with Gasteiger partial charge in [-0.2, -0.15) is 0 Å². The second-order valence-corrected chi connectivity index (χ2v) is 18.6. The predicted molar refractivity (Wildman–Crippen MR) is 209 cm³/mol. The third kappa shape index (κ3) is 4.00. The molecule has 5 aromatic rings. The molecule has 11 rings (SSSR count). The van der Waals surface area contributed by atoms with Crippen LogP contribution in [0.3, 0.4) is 0 Å². The van der Waals surface area contributed by atoms with Gasteiger partial charge < -0.3 is 9.64 Å². The van der Waals surface area contributed by atoms with Crippen molar-refractivity contribution >= 4 is 17.1 Å². The topological polar surface area (TPSA) is 12.5 Å². The van der Waals surface area contributed by atoms with Crippen LogP contribution in [0.5, 0.6) is 11.5 Å². The van der Waals surface area contributed by atoms with Crippen LogP contribution in [0.4, 0.5) is 17.1 Å². The van der Waals surface area contributed by atoms with Crippen LogP contribution in [-0.2, 0) is 16.2 Å². The van der Waals surface area contributed by atoms with E-state index in [0.29, 0.717) is 5.41 Å². The number of nitrogens with zero attached hydrogens (tertiary/aromatic N) is 1. The van der Waals surface area contributed by atoms with Gasteiger partial charge in [0.25, 0.3) is 0 Å². The minimum Gasteiger partial charge on any atom is -0.457 e. The number of benzene rings is 5. The fourth-order valence-electron chi connectivity index (χ4n) is 13.1. The fourth-order valence-corrected chi connectivity index (χ4v) is 13.1. The van der Waals surface area contributed by atoms with Gasteiger partial charge in [-0.1, -0.05) is 94.4 Å². The van der Waals surface area contributed by atoms with Crippen LogP contribution in [0.2, 0.25) is 0 Å². The number of anilines is 3. The van der Waals surface area contributed by atoms with Gasteiger partial charge in [0.1, 0.15) is 11.5 Å². The lowest BCUT2D eigenvalue weighted by atomic mass is 9.37. The summed E-state index contributed by atoms with van der Waals surface area (Å²) >= 11 is 0. The summed E-state index contributed by atoms with van der Waals surface area (Å²) < 4.78 is 6.85. The molecule has 2 spiro atoms. The van der Waals surface area contributed by atoms with E-state index in [4.69, 9.17) is 4.74 Å². The molecule has 0 radical (unpaired) electrons. The molecule has 51 heavy (non-hydrogen) atoms. The second kappa shape index (κ2) is 10.2. The molecule has 0 aromatic heterocycles. The minimum absolute atomic E-state index is 0.116. The lowest BCUT2D eigenvalue weighted by molar-refractivity contribution is -0.0882. The van der Waals surface area contributed by atoms with Gasteiger partial charge in [0.15, 0.2) is 0 Å². The van der Waals surface area contributed by atoms with E-state index in [9.17, 15) is 0 Å². The molecule has 5 aromatic carbocycles. The zero-order chi connectivity index (χ0) is 34.3. The molecule has 4 fully saturated rings. The zero-order valence-electron chi connectivity index (χ0n) is 30.6. The van der Waals surface area contributed by atoms with Crippen LogP contribution in [0.1, 0.15) is 94.9 Å². The first-order chi connectivity index (χ1) is 24.7. The van der Waals surface area contributed by atoms with E-state index in [2.05, 4.69) is 148 Å². The molecule has 6 aliphatic rings. The molecule has 0 saturated heterocycles. The summed E-state index contributed by atoms with van der Waals surface area (Å²) in [6, 6.07) is 43.5. The van der Waals surface area contributed by atoms with E-state index in [1.165, 1.54) is 95.4 Å². The van der Waals surface area contributed by atoms with Crippen molar-refractivity contribution in [3.63, 3.8) is 0 Å². The van der Waals surface area contributed by atoms with E-state index in [-0.39, 0.29) is 16.2 Å². The molecular weight excluding hydrogens is 619 g/mol. The van der Waals surface area contributed by atoms with E-state index in [1.54, 1.807) is 0 Å². The van der Waals surface area contributed by atoms with Crippen molar-refractivity contribution in [1.29, 1.82) is 0 Å². The largest absolute Gasteiger partial charge is 0.457 e. The van der Waals surface area contributed by atoms with Gasteiger partial charge in [-0.3, -0.25) is 0 Å². The number of fused-ring (bicyclic) bond motifs is 9. The van der Waals surface area contributed by atoms with Crippen molar-refractivity contribution in [2.24, 2.45) is 29.1 Å². The predicted octanol–water partition coefficient (Wildman–Crippen LogP) is 13.0. The summed E-state index contributed by atoms with van der Waals surface area (Å²) in [6.45, 7) is 9.65. The van der Waals surface area contributed by atoms with Crippen LogP contribution in [0.25, 0.3) is 11.1 Å². The van der Waals surface area contributed by atoms with Crippen LogP contribution >= 0.6 is 0 Å². The monoisotopic (exact) mass is 667 g/mol. The second-order valence-electron chi connectivity index (χ2n) is 18.6. The van der Waals surface area contributed by atoms with Crippen molar-refractivity contribution in [3.8, 4) is 22.6 Å². The first-order valence-electron chi connectivity index (χ1n) is 19.7. The molecule has 1 heterocycles. The number of ether oxygens (including phenoxy) is 1. The molecule has 3 bridgehead atoms. The summed E-state index contributed by atoms with van der Waals surface area (Å²) in [4.78, 5) is 2.43. The van der Waals surface area contributed by atoms with Gasteiger partial charge in [-0.25, -0.2) is 0 Å². The Labute approximate surface area is 303 Å². The third-order valence-corrected chi connectivity index (χ3v) is 15.2. The van der Waals surface area contributed by atoms with Crippen LogP contribution in [-0.4, -0.2) is 0 Å². The lowest BCUT2D eigenvalue weighted by Gasteiger charge is -2.66. The zero-order valence-corrected chi connectivity index (χ0v) is 30.6. The number of rotatable bonds is 4. The summed E-state index contributed by atoms with van der Waals surface area (Å²) in [5, 5.41) is 0. The smallest absolute Gasteiger partial charge is 0.132 e. The van der Waals surface area contributed by atoms with Crippen molar-refractivity contribution in [2.75, 3.05) is 4.90 Å². The highest BCUT2D eigenvalue weighted by Crippen LogP contribution is 2.84. The maximum Gasteiger partial charge on any atom is 0.132 e. The molecular formula is C49H49NO. The van der Waals surface area contributed by atoms with Gasteiger partial charge in [-0.15, -0.1) is 0 Å². The van der Waals surface area contributed by atoms with Crippen LogP contribution in [0.15, 0.2) is 115 Å². The van der Waals surface area contributed by atoms with E-state index in [1.807, 2.05) is 0 Å². The highest BCUT2D eigenvalue weighted by molar-refractivity contribution is 5.80. The molecule has 4 saturated carbocycles. The standard InChI is InChI=1S/C49H49NO/c1-46(2)22-23-47(3,4)41-28-37(19-21-38(41)46)50(35-10-6-5-7-11-35)36-17-14-33(15-18-36)34-16-20-40-43(27-34)51-42-13-9-8-12-39(42)49(40)44-25-31-24-32-26-45(49)48(44,29-31)30-32/h5-21,27-28,31-32,44-45H,22-26,29-30H2,1-4H3. The average molecular weight is 668 g/mol. The third-order valence-electron chi connectivity index (χ3n) is 15.2. The Morgan fingerprint density at radius 3 is 1.84 bits per heavy atom. The quantitative estimate of drug-likeness (QED) is 0.189. The molecule has 1 aliphatic heterocycles. The molecule has 256 valence electrons. The maximum absolute atomic E-state index is 6.85. The molecule has 4 unspecified atom stereocenters. The molecule has 2 nitrogen and oxygen atoms in total. The molecule has 5 aliphatic carbocycles.